The Morgan fingerprint density at radius 1 is 1.07 bits per heavy atom. The number of ether oxygens (including phenoxy) is 2. The number of aliphatic hydroxyl groups is 1. The second-order valence-corrected chi connectivity index (χ2v) is 6.77. The Hall–Kier alpha value is -3.05. The van der Waals surface area contributed by atoms with E-state index >= 15 is 0 Å². The van der Waals surface area contributed by atoms with Gasteiger partial charge in [0.1, 0.15) is 11.5 Å². The van der Waals surface area contributed by atoms with E-state index in [1.54, 1.807) is 6.92 Å². The van der Waals surface area contributed by atoms with E-state index in [2.05, 4.69) is 0 Å². The summed E-state index contributed by atoms with van der Waals surface area (Å²) in [4.78, 5) is 11.9. The number of allylic oxidation sites excluding steroid dienone is 4. The lowest BCUT2D eigenvalue weighted by Gasteiger charge is -2.15. The first-order chi connectivity index (χ1) is 14.5. The summed E-state index contributed by atoms with van der Waals surface area (Å²) in [6, 6.07) is 15.2. The molecule has 0 heterocycles. The first-order valence-electron chi connectivity index (χ1n) is 10.4. The molecule has 0 atom stereocenters. The van der Waals surface area contributed by atoms with E-state index in [1.165, 1.54) is 0 Å². The van der Waals surface area contributed by atoms with Crippen molar-refractivity contribution in [2.24, 2.45) is 5.73 Å². The van der Waals surface area contributed by atoms with Gasteiger partial charge in [-0.3, -0.25) is 4.79 Å². The van der Waals surface area contributed by atoms with Crippen molar-refractivity contribution in [1.29, 1.82) is 0 Å². The summed E-state index contributed by atoms with van der Waals surface area (Å²) in [5.74, 6) is 1.26. The van der Waals surface area contributed by atoms with Gasteiger partial charge in [-0.15, -0.1) is 0 Å². The van der Waals surface area contributed by atoms with Crippen LogP contribution in [0.3, 0.4) is 0 Å². The highest BCUT2D eigenvalue weighted by molar-refractivity contribution is 5.76. The molecule has 5 heteroatoms. The van der Waals surface area contributed by atoms with Crippen LogP contribution in [0.25, 0.3) is 5.57 Å². The fourth-order valence-corrected chi connectivity index (χ4v) is 3.01. The highest BCUT2D eigenvalue weighted by Crippen LogP contribution is 2.27. The maximum absolute atomic E-state index is 11.9. The van der Waals surface area contributed by atoms with Crippen LogP contribution >= 0.6 is 0 Å². The largest absolute Gasteiger partial charge is 0.512 e. The van der Waals surface area contributed by atoms with Gasteiger partial charge >= 0.3 is 5.97 Å². The standard InChI is InChI=1S/C25H31NO4/c1-4-21(30-24-13-8-7-11-20(24)15-25(28)29-6-3)16-22(23(27)5-2)19-12-9-10-18(14-19)17-26/h7-14,16,27H,4-6,15,17,26H2,1-3H3/b21-16+,23-22-. The molecule has 0 aliphatic heterocycles. The predicted octanol–water partition coefficient (Wildman–Crippen LogP) is 5.30. The zero-order valence-electron chi connectivity index (χ0n) is 18.0. The van der Waals surface area contributed by atoms with E-state index in [-0.39, 0.29) is 18.1 Å². The van der Waals surface area contributed by atoms with Gasteiger partial charge in [0.05, 0.1) is 18.8 Å². The van der Waals surface area contributed by atoms with Crippen molar-refractivity contribution < 1.29 is 19.4 Å². The van der Waals surface area contributed by atoms with Crippen LogP contribution in [0.5, 0.6) is 5.75 Å². The second-order valence-electron chi connectivity index (χ2n) is 6.77. The normalized spacial score (nSPS) is 12.3. The highest BCUT2D eigenvalue weighted by Gasteiger charge is 2.13. The first-order valence-corrected chi connectivity index (χ1v) is 10.4. The van der Waals surface area contributed by atoms with Crippen LogP contribution in [0.2, 0.25) is 0 Å². The van der Waals surface area contributed by atoms with E-state index in [9.17, 15) is 9.90 Å². The molecule has 0 amide bonds. The SMILES string of the molecule is CCOC(=O)Cc1ccccc1O/C(=C/C(=C(/O)CC)c1cccc(CN)c1)CC. The molecule has 2 aromatic rings. The fourth-order valence-electron chi connectivity index (χ4n) is 3.01. The number of nitrogens with two attached hydrogens (primary N) is 1. The van der Waals surface area contributed by atoms with E-state index in [1.807, 2.05) is 68.5 Å². The molecule has 2 aromatic carbocycles. The molecule has 0 radical (unpaired) electrons. The van der Waals surface area contributed by atoms with E-state index < -0.39 is 0 Å². The summed E-state index contributed by atoms with van der Waals surface area (Å²) in [7, 11) is 0. The van der Waals surface area contributed by atoms with Gasteiger partial charge in [-0.05, 0) is 36.3 Å². The number of benzene rings is 2. The second kappa shape index (κ2) is 11.8. The van der Waals surface area contributed by atoms with Gasteiger partial charge in [0, 0.05) is 30.5 Å². The maximum atomic E-state index is 11.9. The zero-order chi connectivity index (χ0) is 21.9. The molecule has 3 N–H and O–H groups in total. The molecule has 0 aliphatic rings. The number of rotatable bonds is 10. The summed E-state index contributed by atoms with van der Waals surface area (Å²) in [5, 5.41) is 10.6. The van der Waals surface area contributed by atoms with Crippen LogP contribution < -0.4 is 10.5 Å². The topological polar surface area (TPSA) is 81.8 Å². The number of carbonyl (C=O) groups excluding carboxylic acids is 1. The van der Waals surface area contributed by atoms with Crippen LogP contribution in [0.1, 0.15) is 50.3 Å². The number of hydrogen-bond acceptors (Lipinski definition) is 5. The Labute approximate surface area is 178 Å². The summed E-state index contributed by atoms with van der Waals surface area (Å²) in [6.45, 7) is 6.43. The third-order valence-electron chi connectivity index (χ3n) is 4.63. The summed E-state index contributed by atoms with van der Waals surface area (Å²) in [6.07, 6.45) is 3.11. The van der Waals surface area contributed by atoms with Crippen LogP contribution in [0.4, 0.5) is 0 Å². The van der Waals surface area contributed by atoms with Gasteiger partial charge in [-0.1, -0.05) is 50.2 Å². The number of hydrogen-bond donors (Lipinski definition) is 2. The van der Waals surface area contributed by atoms with Gasteiger partial charge in [-0.25, -0.2) is 0 Å². The predicted molar refractivity (Wildman–Crippen MR) is 120 cm³/mol. The average molecular weight is 410 g/mol. The minimum Gasteiger partial charge on any atom is -0.512 e. The monoisotopic (exact) mass is 409 g/mol. The average Bonchev–Trinajstić information content (AvgIpc) is 2.77. The Kier molecular flexibility index (Phi) is 9.16. The van der Waals surface area contributed by atoms with E-state index in [0.29, 0.717) is 43.1 Å². The van der Waals surface area contributed by atoms with Crippen molar-refractivity contribution in [3.63, 3.8) is 0 Å². The van der Waals surface area contributed by atoms with Crippen LogP contribution in [0, 0.1) is 0 Å². The molecule has 0 aromatic heterocycles. The number of carbonyl (C=O) groups is 1. The Balaban J connectivity index is 2.39. The summed E-state index contributed by atoms with van der Waals surface area (Å²) >= 11 is 0. The molecule has 0 fully saturated rings. The number of aliphatic hydroxyl groups excluding tert-OH is 1. The van der Waals surface area contributed by atoms with Gasteiger partial charge in [0.25, 0.3) is 0 Å². The molecule has 0 bridgehead atoms. The zero-order valence-corrected chi connectivity index (χ0v) is 18.0. The molecule has 0 unspecified atom stereocenters. The van der Waals surface area contributed by atoms with Crippen molar-refractivity contribution in [3.8, 4) is 5.75 Å². The lowest BCUT2D eigenvalue weighted by molar-refractivity contribution is -0.142. The smallest absolute Gasteiger partial charge is 0.310 e. The fraction of sp³-hybridized carbons (Fsp3) is 0.320. The van der Waals surface area contributed by atoms with Crippen LogP contribution in [0.15, 0.2) is 66.1 Å². The lowest BCUT2D eigenvalue weighted by Crippen LogP contribution is -2.09. The molecular weight excluding hydrogens is 378 g/mol. The third-order valence-corrected chi connectivity index (χ3v) is 4.63. The lowest BCUT2D eigenvalue weighted by atomic mass is 10.00. The van der Waals surface area contributed by atoms with Gasteiger partial charge in [-0.2, -0.15) is 0 Å². The van der Waals surface area contributed by atoms with E-state index in [0.717, 1.165) is 16.7 Å². The van der Waals surface area contributed by atoms with Crippen molar-refractivity contribution in [3.05, 3.63) is 82.8 Å². The highest BCUT2D eigenvalue weighted by atomic mass is 16.5. The molecule has 30 heavy (non-hydrogen) atoms. The Bertz CT molecular complexity index is 915. The number of esters is 1. The minimum atomic E-state index is -0.293. The molecule has 2 rings (SSSR count). The van der Waals surface area contributed by atoms with Crippen molar-refractivity contribution in [1.82, 2.24) is 0 Å². The Morgan fingerprint density at radius 2 is 1.83 bits per heavy atom. The van der Waals surface area contributed by atoms with Crippen molar-refractivity contribution in [2.75, 3.05) is 6.61 Å². The summed E-state index contributed by atoms with van der Waals surface area (Å²) in [5.41, 5.74) is 9.10. The molecule has 5 nitrogen and oxygen atoms in total. The summed E-state index contributed by atoms with van der Waals surface area (Å²) < 4.78 is 11.2. The third kappa shape index (κ3) is 6.49. The Morgan fingerprint density at radius 3 is 2.50 bits per heavy atom. The van der Waals surface area contributed by atoms with Gasteiger partial charge in [0.2, 0.25) is 0 Å². The van der Waals surface area contributed by atoms with Crippen molar-refractivity contribution >= 4 is 11.5 Å². The van der Waals surface area contributed by atoms with E-state index in [4.69, 9.17) is 15.2 Å². The van der Waals surface area contributed by atoms with Gasteiger partial charge in [0.15, 0.2) is 0 Å². The molecule has 0 spiro atoms. The first kappa shape index (κ1) is 23.2. The molecule has 160 valence electrons. The van der Waals surface area contributed by atoms with Crippen LogP contribution in [-0.2, 0) is 22.5 Å². The molecule has 0 saturated heterocycles. The quantitative estimate of drug-likeness (QED) is 0.316. The maximum Gasteiger partial charge on any atom is 0.310 e. The number of para-hydroxylation sites is 1. The van der Waals surface area contributed by atoms with Crippen LogP contribution in [-0.4, -0.2) is 17.7 Å². The van der Waals surface area contributed by atoms with Gasteiger partial charge < -0.3 is 20.3 Å². The molecular formula is C25H31NO4. The molecule has 0 saturated carbocycles. The molecule has 0 aliphatic carbocycles. The minimum absolute atomic E-state index is 0.141. The van der Waals surface area contributed by atoms with Crippen molar-refractivity contribution in [2.45, 2.75) is 46.6 Å².